The van der Waals surface area contributed by atoms with Gasteiger partial charge in [-0.05, 0) is 30.5 Å². The Hall–Kier alpha value is -1.51. The van der Waals surface area contributed by atoms with Crippen LogP contribution in [0.2, 0.25) is 0 Å². The maximum Gasteiger partial charge on any atom is 0.411 e. The molecule has 0 radical (unpaired) electrons. The molecule has 0 aromatic heterocycles. The van der Waals surface area contributed by atoms with Crippen molar-refractivity contribution in [2.45, 2.75) is 38.3 Å². The molecule has 0 unspecified atom stereocenters. The Bertz CT molecular complexity index is 513. The number of nitrogens with one attached hydrogen (secondary N) is 3. The van der Waals surface area contributed by atoms with Crippen molar-refractivity contribution >= 4 is 41.7 Å². The molecule has 3 N–H and O–H groups in total. The van der Waals surface area contributed by atoms with Gasteiger partial charge in [-0.25, -0.2) is 4.79 Å². The first kappa shape index (κ1) is 19.5. The predicted molar refractivity (Wildman–Crippen MR) is 103 cm³/mol. The second-order valence-corrected chi connectivity index (χ2v) is 5.36. The third-order valence-corrected chi connectivity index (χ3v) is 3.77. The molecule has 0 spiro atoms. The first-order valence-corrected chi connectivity index (χ1v) is 7.62. The largest absolute Gasteiger partial charge is 0.453 e. The van der Waals surface area contributed by atoms with Gasteiger partial charge in [0.1, 0.15) is 0 Å². The molecule has 0 aliphatic heterocycles. The summed E-state index contributed by atoms with van der Waals surface area (Å²) in [5.41, 5.74) is 1.83. The van der Waals surface area contributed by atoms with Gasteiger partial charge in [-0.2, -0.15) is 0 Å². The highest BCUT2D eigenvalue weighted by Crippen LogP contribution is 2.17. The minimum atomic E-state index is -0.466. The van der Waals surface area contributed by atoms with Crippen LogP contribution in [-0.2, 0) is 11.3 Å². The van der Waals surface area contributed by atoms with Crippen LogP contribution in [0.4, 0.5) is 10.5 Å². The number of nitrogens with zero attached hydrogens (tertiary/aromatic N) is 1. The number of anilines is 1. The number of hydrogen-bond donors (Lipinski definition) is 3. The Kier molecular flexibility index (Phi) is 8.75. The summed E-state index contributed by atoms with van der Waals surface area (Å²) in [5.74, 6) is 0.837. The van der Waals surface area contributed by atoms with E-state index in [1.165, 1.54) is 32.8 Å². The zero-order valence-electron chi connectivity index (χ0n) is 13.6. The fourth-order valence-electron chi connectivity index (χ4n) is 2.52. The van der Waals surface area contributed by atoms with Crippen LogP contribution in [-0.4, -0.2) is 32.3 Å². The Morgan fingerprint density at radius 1 is 1.26 bits per heavy atom. The van der Waals surface area contributed by atoms with E-state index in [1.54, 1.807) is 7.05 Å². The van der Waals surface area contributed by atoms with E-state index in [9.17, 15) is 4.79 Å². The van der Waals surface area contributed by atoms with Crippen molar-refractivity contribution in [2.75, 3.05) is 19.5 Å². The van der Waals surface area contributed by atoms with E-state index in [2.05, 4.69) is 25.7 Å². The fraction of sp³-hybridized carbons (Fsp3) is 0.500. The van der Waals surface area contributed by atoms with Crippen LogP contribution in [0.5, 0.6) is 0 Å². The summed E-state index contributed by atoms with van der Waals surface area (Å²) in [6.07, 6.45) is 4.56. The highest BCUT2D eigenvalue weighted by atomic mass is 127. The number of aliphatic imine (C=N–C) groups is 1. The van der Waals surface area contributed by atoms with Gasteiger partial charge in [0.2, 0.25) is 0 Å². The molecule has 6 nitrogen and oxygen atoms in total. The van der Waals surface area contributed by atoms with Gasteiger partial charge in [0.15, 0.2) is 5.96 Å². The molecular formula is C16H25IN4O2. The quantitative estimate of drug-likeness (QED) is 0.389. The van der Waals surface area contributed by atoms with Crippen molar-refractivity contribution in [2.24, 2.45) is 4.99 Å². The second kappa shape index (κ2) is 10.3. The molecule has 1 saturated carbocycles. The van der Waals surface area contributed by atoms with Gasteiger partial charge in [-0.15, -0.1) is 24.0 Å². The SMILES string of the molecule is CN=C(NCc1ccc(NC(=O)OC)cc1)NC1CCCC1.I. The minimum Gasteiger partial charge on any atom is -0.453 e. The van der Waals surface area contributed by atoms with Crippen LogP contribution in [0.15, 0.2) is 29.3 Å². The summed E-state index contributed by atoms with van der Waals surface area (Å²) in [6, 6.07) is 8.16. The number of carbonyl (C=O) groups excluding carboxylic acids is 1. The maximum absolute atomic E-state index is 11.1. The Balaban J connectivity index is 0.00000264. The van der Waals surface area contributed by atoms with E-state index >= 15 is 0 Å². The van der Waals surface area contributed by atoms with Crippen molar-refractivity contribution in [3.63, 3.8) is 0 Å². The lowest BCUT2D eigenvalue weighted by atomic mass is 10.2. The molecule has 128 valence electrons. The number of ether oxygens (including phenoxy) is 1. The van der Waals surface area contributed by atoms with Gasteiger partial charge in [0.05, 0.1) is 7.11 Å². The van der Waals surface area contributed by atoms with Crippen molar-refractivity contribution in [1.29, 1.82) is 0 Å². The third kappa shape index (κ3) is 6.64. The summed E-state index contributed by atoms with van der Waals surface area (Å²) in [7, 11) is 3.13. The van der Waals surface area contributed by atoms with Crippen LogP contribution < -0.4 is 16.0 Å². The van der Waals surface area contributed by atoms with E-state index in [-0.39, 0.29) is 24.0 Å². The molecule has 0 atom stereocenters. The summed E-state index contributed by atoms with van der Waals surface area (Å²) in [5, 5.41) is 9.38. The van der Waals surface area contributed by atoms with E-state index in [0.29, 0.717) is 18.3 Å². The molecule has 0 heterocycles. The fourth-order valence-corrected chi connectivity index (χ4v) is 2.52. The molecule has 0 saturated heterocycles. The van der Waals surface area contributed by atoms with Gasteiger partial charge in [-0.1, -0.05) is 25.0 Å². The van der Waals surface area contributed by atoms with Crippen LogP contribution in [0.1, 0.15) is 31.2 Å². The Morgan fingerprint density at radius 2 is 1.91 bits per heavy atom. The molecule has 7 heteroatoms. The zero-order valence-corrected chi connectivity index (χ0v) is 15.9. The standard InChI is InChI=1S/C16H24N4O2.HI/c1-17-15(19-13-5-3-4-6-13)18-11-12-7-9-14(10-8-12)20-16(21)22-2;/h7-10,13H,3-6,11H2,1-2H3,(H,20,21)(H2,17,18,19);1H. The third-order valence-electron chi connectivity index (χ3n) is 3.77. The number of amides is 1. The van der Waals surface area contributed by atoms with Gasteiger partial charge < -0.3 is 15.4 Å². The molecular weight excluding hydrogens is 407 g/mol. The lowest BCUT2D eigenvalue weighted by Gasteiger charge is -2.17. The number of hydrogen-bond acceptors (Lipinski definition) is 3. The number of guanidine groups is 1. The van der Waals surface area contributed by atoms with Crippen molar-refractivity contribution < 1.29 is 9.53 Å². The highest BCUT2D eigenvalue weighted by molar-refractivity contribution is 14.0. The summed E-state index contributed by atoms with van der Waals surface area (Å²) in [4.78, 5) is 15.4. The van der Waals surface area contributed by atoms with Gasteiger partial charge >= 0.3 is 6.09 Å². The predicted octanol–water partition coefficient (Wildman–Crippen LogP) is 3.09. The van der Waals surface area contributed by atoms with Gasteiger partial charge in [-0.3, -0.25) is 10.3 Å². The zero-order chi connectivity index (χ0) is 15.8. The lowest BCUT2D eigenvalue weighted by Crippen LogP contribution is -2.41. The lowest BCUT2D eigenvalue weighted by molar-refractivity contribution is 0.187. The molecule has 1 aromatic carbocycles. The van der Waals surface area contributed by atoms with Crippen LogP contribution >= 0.6 is 24.0 Å². The highest BCUT2D eigenvalue weighted by Gasteiger charge is 2.15. The summed E-state index contributed by atoms with van der Waals surface area (Å²) in [6.45, 7) is 0.685. The molecule has 1 amide bonds. The topological polar surface area (TPSA) is 74.8 Å². The second-order valence-electron chi connectivity index (χ2n) is 5.36. The number of carbonyl (C=O) groups is 1. The minimum absolute atomic E-state index is 0. The average molecular weight is 432 g/mol. The van der Waals surface area contributed by atoms with Gasteiger partial charge in [0.25, 0.3) is 0 Å². The summed E-state index contributed by atoms with van der Waals surface area (Å²) >= 11 is 0. The van der Waals surface area contributed by atoms with E-state index in [4.69, 9.17) is 0 Å². The van der Waals surface area contributed by atoms with E-state index in [0.717, 1.165) is 11.5 Å². The van der Waals surface area contributed by atoms with E-state index < -0.39 is 6.09 Å². The molecule has 1 aliphatic rings. The smallest absolute Gasteiger partial charge is 0.411 e. The molecule has 1 aliphatic carbocycles. The van der Waals surface area contributed by atoms with Gasteiger partial charge in [0, 0.05) is 25.3 Å². The molecule has 2 rings (SSSR count). The Labute approximate surface area is 154 Å². The number of methoxy groups -OCH3 is 1. The normalized spacial score (nSPS) is 14.8. The Morgan fingerprint density at radius 3 is 2.48 bits per heavy atom. The van der Waals surface area contributed by atoms with Crippen molar-refractivity contribution in [3.05, 3.63) is 29.8 Å². The van der Waals surface area contributed by atoms with Crippen molar-refractivity contribution in [3.8, 4) is 0 Å². The van der Waals surface area contributed by atoms with Crippen LogP contribution in [0, 0.1) is 0 Å². The summed E-state index contributed by atoms with van der Waals surface area (Å²) < 4.78 is 4.55. The monoisotopic (exact) mass is 432 g/mol. The van der Waals surface area contributed by atoms with Crippen LogP contribution in [0.3, 0.4) is 0 Å². The molecule has 23 heavy (non-hydrogen) atoms. The molecule has 1 aromatic rings. The van der Waals surface area contributed by atoms with Crippen molar-refractivity contribution in [1.82, 2.24) is 10.6 Å². The number of benzene rings is 1. The number of halogens is 1. The maximum atomic E-state index is 11.1. The molecule has 1 fully saturated rings. The first-order chi connectivity index (χ1) is 10.7. The average Bonchev–Trinajstić information content (AvgIpc) is 3.05. The van der Waals surface area contributed by atoms with E-state index in [1.807, 2.05) is 24.3 Å². The first-order valence-electron chi connectivity index (χ1n) is 7.62. The number of rotatable bonds is 4. The van der Waals surface area contributed by atoms with Crippen LogP contribution in [0.25, 0.3) is 0 Å². The molecule has 0 bridgehead atoms.